The van der Waals surface area contributed by atoms with Crippen LogP contribution in [0.2, 0.25) is 10.0 Å². The highest BCUT2D eigenvalue weighted by atomic mass is 35.5. The number of benzene rings is 2. The molecule has 0 aliphatic rings. The summed E-state index contributed by atoms with van der Waals surface area (Å²) in [4.78, 5) is 0. The van der Waals surface area contributed by atoms with E-state index < -0.39 is 0 Å². The summed E-state index contributed by atoms with van der Waals surface area (Å²) in [5.41, 5.74) is 6.81. The number of hydrazine groups is 1. The van der Waals surface area contributed by atoms with Crippen molar-refractivity contribution >= 4 is 23.2 Å². The molecule has 100 valence electrons. The van der Waals surface area contributed by atoms with Gasteiger partial charge in [-0.3, -0.25) is 5.84 Å². The number of hydrogen-bond donors (Lipinski definition) is 2. The van der Waals surface area contributed by atoms with Crippen LogP contribution < -0.4 is 11.3 Å². The van der Waals surface area contributed by atoms with E-state index >= 15 is 0 Å². The molecular formula is C15H16Cl2N2. The standard InChI is InChI=1S/C15H16Cl2N2/c1-9-6-7-11(8-13(9)16)15(19-18)12-5-3-4-10(2)14(12)17/h3-8,15,19H,18H2,1-2H3. The molecule has 0 aliphatic carbocycles. The fraction of sp³-hybridized carbons (Fsp3) is 0.200. The minimum Gasteiger partial charge on any atom is -0.271 e. The molecule has 2 rings (SSSR count). The summed E-state index contributed by atoms with van der Waals surface area (Å²) in [5.74, 6) is 5.69. The van der Waals surface area contributed by atoms with Crippen LogP contribution in [0.3, 0.4) is 0 Å². The average molecular weight is 295 g/mol. The van der Waals surface area contributed by atoms with E-state index in [1.165, 1.54) is 0 Å². The second-order valence-corrected chi connectivity index (χ2v) is 5.37. The molecule has 0 fully saturated rings. The summed E-state index contributed by atoms with van der Waals surface area (Å²) in [7, 11) is 0. The van der Waals surface area contributed by atoms with E-state index in [2.05, 4.69) is 5.43 Å². The Labute approximate surface area is 123 Å². The molecule has 1 atom stereocenters. The lowest BCUT2D eigenvalue weighted by molar-refractivity contribution is 0.636. The van der Waals surface area contributed by atoms with Crippen molar-refractivity contribution in [2.45, 2.75) is 19.9 Å². The number of hydrogen-bond acceptors (Lipinski definition) is 2. The molecule has 0 saturated heterocycles. The summed E-state index contributed by atoms with van der Waals surface area (Å²) >= 11 is 12.5. The summed E-state index contributed by atoms with van der Waals surface area (Å²) in [6, 6.07) is 11.6. The first-order chi connectivity index (χ1) is 9.04. The van der Waals surface area contributed by atoms with Crippen molar-refractivity contribution in [2.24, 2.45) is 5.84 Å². The first-order valence-electron chi connectivity index (χ1n) is 6.01. The van der Waals surface area contributed by atoms with Crippen LogP contribution in [0.15, 0.2) is 36.4 Å². The van der Waals surface area contributed by atoms with Crippen molar-refractivity contribution in [1.29, 1.82) is 0 Å². The van der Waals surface area contributed by atoms with Gasteiger partial charge < -0.3 is 0 Å². The summed E-state index contributed by atoms with van der Waals surface area (Å²) in [6.07, 6.45) is 0. The van der Waals surface area contributed by atoms with E-state index in [9.17, 15) is 0 Å². The molecule has 0 saturated carbocycles. The van der Waals surface area contributed by atoms with Gasteiger partial charge in [-0.25, -0.2) is 5.43 Å². The molecule has 2 aromatic rings. The Balaban J connectivity index is 2.50. The first-order valence-corrected chi connectivity index (χ1v) is 6.77. The maximum atomic E-state index is 6.36. The molecule has 0 heterocycles. The van der Waals surface area contributed by atoms with E-state index in [1.54, 1.807) is 0 Å². The smallest absolute Gasteiger partial charge is 0.0725 e. The van der Waals surface area contributed by atoms with Crippen molar-refractivity contribution in [1.82, 2.24) is 5.43 Å². The van der Waals surface area contributed by atoms with E-state index in [0.29, 0.717) is 0 Å². The van der Waals surface area contributed by atoms with Gasteiger partial charge in [0.1, 0.15) is 0 Å². The third-order valence-electron chi connectivity index (χ3n) is 3.23. The van der Waals surface area contributed by atoms with Crippen LogP contribution in [0.1, 0.15) is 28.3 Å². The lowest BCUT2D eigenvalue weighted by Crippen LogP contribution is -2.29. The largest absolute Gasteiger partial charge is 0.271 e. The molecule has 0 aliphatic heterocycles. The molecule has 0 spiro atoms. The Morgan fingerprint density at radius 2 is 1.79 bits per heavy atom. The van der Waals surface area contributed by atoms with Gasteiger partial charge in [-0.15, -0.1) is 0 Å². The van der Waals surface area contributed by atoms with Crippen molar-refractivity contribution in [2.75, 3.05) is 0 Å². The number of rotatable bonds is 3. The van der Waals surface area contributed by atoms with Crippen LogP contribution >= 0.6 is 23.2 Å². The zero-order chi connectivity index (χ0) is 14.0. The van der Waals surface area contributed by atoms with Gasteiger partial charge in [-0.05, 0) is 42.2 Å². The minimum atomic E-state index is -0.175. The van der Waals surface area contributed by atoms with Crippen LogP contribution in [0.4, 0.5) is 0 Å². The van der Waals surface area contributed by atoms with Gasteiger partial charge in [0.15, 0.2) is 0 Å². The Morgan fingerprint density at radius 3 is 2.42 bits per heavy atom. The molecule has 0 aromatic heterocycles. The van der Waals surface area contributed by atoms with E-state index in [1.807, 2.05) is 50.2 Å². The molecule has 0 bridgehead atoms. The molecule has 0 radical (unpaired) electrons. The maximum absolute atomic E-state index is 6.36. The van der Waals surface area contributed by atoms with Gasteiger partial charge in [0.05, 0.1) is 6.04 Å². The molecule has 3 N–H and O–H groups in total. The molecule has 2 aromatic carbocycles. The highest BCUT2D eigenvalue weighted by Gasteiger charge is 2.17. The third-order valence-corrected chi connectivity index (χ3v) is 4.15. The molecule has 2 nitrogen and oxygen atoms in total. The average Bonchev–Trinajstić information content (AvgIpc) is 2.39. The maximum Gasteiger partial charge on any atom is 0.0725 e. The Kier molecular flexibility index (Phi) is 4.48. The quantitative estimate of drug-likeness (QED) is 0.659. The van der Waals surface area contributed by atoms with E-state index in [4.69, 9.17) is 29.0 Å². The molecule has 1 unspecified atom stereocenters. The van der Waals surface area contributed by atoms with Gasteiger partial charge in [-0.2, -0.15) is 0 Å². The van der Waals surface area contributed by atoms with Crippen LogP contribution in [0, 0.1) is 13.8 Å². The molecular weight excluding hydrogens is 279 g/mol. The number of nitrogens with one attached hydrogen (secondary N) is 1. The predicted octanol–water partition coefficient (Wildman–Crippen LogP) is 4.16. The van der Waals surface area contributed by atoms with Crippen LogP contribution in [0.5, 0.6) is 0 Å². The van der Waals surface area contributed by atoms with Crippen LogP contribution in [-0.4, -0.2) is 0 Å². The minimum absolute atomic E-state index is 0.175. The second-order valence-electron chi connectivity index (χ2n) is 4.59. The molecule has 4 heteroatoms. The Morgan fingerprint density at radius 1 is 1.05 bits per heavy atom. The lowest BCUT2D eigenvalue weighted by atomic mass is 9.97. The van der Waals surface area contributed by atoms with Gasteiger partial charge in [-0.1, -0.05) is 53.5 Å². The van der Waals surface area contributed by atoms with Crippen molar-refractivity contribution in [3.05, 3.63) is 68.7 Å². The highest BCUT2D eigenvalue weighted by molar-refractivity contribution is 6.32. The molecule has 0 amide bonds. The lowest BCUT2D eigenvalue weighted by Gasteiger charge is -2.19. The SMILES string of the molecule is Cc1ccc(C(NN)c2cccc(C)c2Cl)cc1Cl. The van der Waals surface area contributed by atoms with Gasteiger partial charge in [0, 0.05) is 10.0 Å². The van der Waals surface area contributed by atoms with Gasteiger partial charge >= 0.3 is 0 Å². The number of halogens is 2. The number of aryl methyl sites for hydroxylation is 2. The van der Waals surface area contributed by atoms with Gasteiger partial charge in [0.2, 0.25) is 0 Å². The zero-order valence-electron chi connectivity index (χ0n) is 10.9. The van der Waals surface area contributed by atoms with E-state index in [0.717, 1.165) is 32.3 Å². The van der Waals surface area contributed by atoms with Crippen molar-refractivity contribution in [3.63, 3.8) is 0 Å². The zero-order valence-corrected chi connectivity index (χ0v) is 12.4. The second kappa shape index (κ2) is 5.93. The third kappa shape index (κ3) is 2.93. The summed E-state index contributed by atoms with van der Waals surface area (Å²) < 4.78 is 0. The van der Waals surface area contributed by atoms with Crippen LogP contribution in [0.25, 0.3) is 0 Å². The topological polar surface area (TPSA) is 38.0 Å². The van der Waals surface area contributed by atoms with Crippen molar-refractivity contribution < 1.29 is 0 Å². The summed E-state index contributed by atoms with van der Waals surface area (Å²) in [6.45, 7) is 3.94. The fourth-order valence-electron chi connectivity index (χ4n) is 2.05. The Hall–Kier alpha value is -1.06. The number of nitrogens with two attached hydrogens (primary N) is 1. The van der Waals surface area contributed by atoms with Crippen LogP contribution in [-0.2, 0) is 0 Å². The fourth-order valence-corrected chi connectivity index (χ4v) is 2.47. The van der Waals surface area contributed by atoms with Crippen molar-refractivity contribution in [3.8, 4) is 0 Å². The van der Waals surface area contributed by atoms with E-state index in [-0.39, 0.29) is 6.04 Å². The monoisotopic (exact) mass is 294 g/mol. The predicted molar refractivity (Wildman–Crippen MR) is 81.5 cm³/mol. The normalized spacial score (nSPS) is 12.5. The summed E-state index contributed by atoms with van der Waals surface area (Å²) in [5, 5.41) is 1.45. The van der Waals surface area contributed by atoms with Gasteiger partial charge in [0.25, 0.3) is 0 Å². The molecule has 19 heavy (non-hydrogen) atoms. The highest BCUT2D eigenvalue weighted by Crippen LogP contribution is 2.31. The first kappa shape index (κ1) is 14.4. The Bertz CT molecular complexity index is 597.